The molecule has 13 heteroatoms. The van der Waals surface area contributed by atoms with Gasteiger partial charge in [0, 0.05) is 12.5 Å². The van der Waals surface area contributed by atoms with Crippen molar-refractivity contribution in [3.63, 3.8) is 0 Å². The molecule has 0 aromatic heterocycles. The van der Waals surface area contributed by atoms with Crippen molar-refractivity contribution in [1.29, 1.82) is 0 Å². The average Bonchev–Trinajstić information content (AvgIpc) is 3.03. The quantitative estimate of drug-likeness (QED) is 0.117. The largest absolute Gasteiger partial charge is 0.504 e. The number of ether oxygens (including phenoxy) is 4. The molecule has 1 saturated carbocycles. The van der Waals surface area contributed by atoms with Gasteiger partial charge in [0.05, 0.1) is 23.9 Å². The second-order valence-electron chi connectivity index (χ2n) is 9.61. The van der Waals surface area contributed by atoms with E-state index in [-0.39, 0.29) is 17.9 Å². The first-order valence-corrected chi connectivity index (χ1v) is 11.5. The van der Waals surface area contributed by atoms with E-state index in [1.165, 1.54) is 37.3 Å². The molecule has 1 aromatic carbocycles. The maximum Gasteiger partial charge on any atom is 0.330 e. The van der Waals surface area contributed by atoms with E-state index in [1.807, 2.05) is 0 Å². The summed E-state index contributed by atoms with van der Waals surface area (Å²) in [7, 11) is 0. The molecule has 2 fully saturated rings. The van der Waals surface area contributed by atoms with Gasteiger partial charge in [-0.05, 0) is 36.8 Å². The third-order valence-electron chi connectivity index (χ3n) is 6.87. The minimum atomic E-state index is -1.89. The van der Waals surface area contributed by atoms with Crippen molar-refractivity contribution < 1.29 is 64.6 Å². The number of phenols is 2. The highest BCUT2D eigenvalue weighted by molar-refractivity contribution is 5.87. The lowest BCUT2D eigenvalue weighted by Crippen LogP contribution is -2.62. The number of aromatic hydroxyl groups is 2. The maximum atomic E-state index is 12.1. The predicted octanol–water partition coefficient (Wildman–Crippen LogP) is -1.79. The van der Waals surface area contributed by atoms with Crippen molar-refractivity contribution in [2.24, 2.45) is 5.92 Å². The number of hydrogen-bond acceptors (Lipinski definition) is 13. The topological polar surface area (TPSA) is 216 Å². The van der Waals surface area contributed by atoms with Gasteiger partial charge in [0.15, 0.2) is 17.8 Å². The Morgan fingerprint density at radius 1 is 1.08 bits per heavy atom. The Labute approximate surface area is 211 Å². The number of carbonyl (C=O) groups is 1. The Morgan fingerprint density at radius 3 is 2.51 bits per heavy atom. The van der Waals surface area contributed by atoms with Crippen LogP contribution in [-0.4, -0.2) is 108 Å². The fraction of sp³-hybridized carbons (Fsp3) is 0.542. The summed E-state index contributed by atoms with van der Waals surface area (Å²) >= 11 is 0. The van der Waals surface area contributed by atoms with Gasteiger partial charge in [-0.15, -0.1) is 0 Å². The van der Waals surface area contributed by atoms with Crippen molar-refractivity contribution in [2.75, 3.05) is 6.61 Å². The number of aliphatic hydroxyl groups excluding tert-OH is 4. The molecule has 8 N–H and O–H groups in total. The first kappa shape index (κ1) is 27.3. The van der Waals surface area contributed by atoms with Crippen molar-refractivity contribution >= 4 is 12.0 Å². The molecule has 1 aromatic rings. The Balaban J connectivity index is 1.40. The molecule has 5 unspecified atom stereocenters. The highest BCUT2D eigenvalue weighted by atomic mass is 16.8. The molecule has 0 radical (unpaired) electrons. The van der Waals surface area contributed by atoms with E-state index in [0.717, 1.165) is 12.3 Å². The minimum absolute atomic E-state index is 0.188. The van der Waals surface area contributed by atoms with Gasteiger partial charge >= 0.3 is 5.97 Å². The molecule has 4 rings (SSSR count). The van der Waals surface area contributed by atoms with Gasteiger partial charge in [-0.3, -0.25) is 0 Å². The fourth-order valence-electron chi connectivity index (χ4n) is 4.85. The van der Waals surface area contributed by atoms with Crippen molar-refractivity contribution in [3.8, 4) is 11.5 Å². The second-order valence-corrected chi connectivity index (χ2v) is 9.61. The Kier molecular flexibility index (Phi) is 7.52. The van der Waals surface area contributed by atoms with Crippen LogP contribution in [0.2, 0.25) is 0 Å². The highest BCUT2D eigenvalue weighted by Crippen LogP contribution is 2.49. The molecular formula is C24H30O13. The zero-order valence-corrected chi connectivity index (χ0v) is 19.7. The van der Waals surface area contributed by atoms with E-state index in [1.54, 1.807) is 0 Å². The standard InChI is InChI=1S/C24H30O13/c1-23(32)9-15(27)24(33)6-7-34-22(20(23)24)37-21-19(31)18(30)17(29)14(36-21)10-35-16(28)5-3-11-2-4-12(25)13(26)8-11/h2-8,14-15,17-22,25-27,29-33H,9-10H2,1H3/b5-3+/t14?,15-,17?,18?,19?,20-,21?,22+,23+,24-/m1/s1. The summed E-state index contributed by atoms with van der Waals surface area (Å²) in [5.74, 6) is -2.76. The van der Waals surface area contributed by atoms with E-state index >= 15 is 0 Å². The van der Waals surface area contributed by atoms with Crippen LogP contribution in [0.25, 0.3) is 6.08 Å². The third kappa shape index (κ3) is 5.30. The molecule has 1 aliphatic carbocycles. The van der Waals surface area contributed by atoms with Crippen LogP contribution in [0.4, 0.5) is 0 Å². The zero-order chi connectivity index (χ0) is 27.1. The molecule has 0 amide bonds. The molecule has 0 spiro atoms. The van der Waals surface area contributed by atoms with Crippen LogP contribution < -0.4 is 0 Å². The first-order valence-electron chi connectivity index (χ1n) is 11.5. The van der Waals surface area contributed by atoms with Gasteiger partial charge in [-0.1, -0.05) is 6.07 Å². The van der Waals surface area contributed by atoms with Crippen LogP contribution in [0.5, 0.6) is 11.5 Å². The molecule has 10 atom stereocenters. The van der Waals surface area contributed by atoms with Gasteiger partial charge in [0.25, 0.3) is 0 Å². The molecule has 13 nitrogen and oxygen atoms in total. The van der Waals surface area contributed by atoms with Crippen LogP contribution in [0, 0.1) is 5.92 Å². The molecule has 37 heavy (non-hydrogen) atoms. The second kappa shape index (κ2) is 10.2. The Hall–Kier alpha value is -2.75. The van der Waals surface area contributed by atoms with Gasteiger partial charge in [0.2, 0.25) is 6.29 Å². The number of esters is 1. The molecule has 0 bridgehead atoms. The maximum absolute atomic E-state index is 12.1. The summed E-state index contributed by atoms with van der Waals surface area (Å²) in [5.41, 5.74) is -3.13. The van der Waals surface area contributed by atoms with E-state index < -0.39 is 72.8 Å². The van der Waals surface area contributed by atoms with E-state index in [2.05, 4.69) is 0 Å². The monoisotopic (exact) mass is 526 g/mol. The van der Waals surface area contributed by atoms with Crippen molar-refractivity contribution in [2.45, 2.75) is 67.6 Å². The van der Waals surface area contributed by atoms with Gasteiger partial charge in [-0.2, -0.15) is 0 Å². The number of fused-ring (bicyclic) bond motifs is 1. The highest BCUT2D eigenvalue weighted by Gasteiger charge is 2.64. The Morgan fingerprint density at radius 2 is 1.81 bits per heavy atom. The third-order valence-corrected chi connectivity index (χ3v) is 6.87. The number of benzene rings is 1. The van der Waals surface area contributed by atoms with Crippen molar-refractivity contribution in [3.05, 3.63) is 42.2 Å². The molecule has 3 aliphatic rings. The number of hydrogen-bond donors (Lipinski definition) is 8. The zero-order valence-electron chi connectivity index (χ0n) is 19.7. The lowest BCUT2D eigenvalue weighted by molar-refractivity contribution is -0.351. The summed E-state index contributed by atoms with van der Waals surface area (Å²) < 4.78 is 21.6. The van der Waals surface area contributed by atoms with Crippen LogP contribution in [0.1, 0.15) is 18.9 Å². The predicted molar refractivity (Wildman–Crippen MR) is 121 cm³/mol. The van der Waals surface area contributed by atoms with Gasteiger partial charge in [-0.25, -0.2) is 4.79 Å². The minimum Gasteiger partial charge on any atom is -0.504 e. The Bertz CT molecular complexity index is 1060. The van der Waals surface area contributed by atoms with Gasteiger partial charge in [0.1, 0.15) is 36.6 Å². The summed E-state index contributed by atoms with van der Waals surface area (Å²) in [4.78, 5) is 12.1. The molecular weight excluding hydrogens is 496 g/mol. The lowest BCUT2D eigenvalue weighted by Gasteiger charge is -2.45. The first-order chi connectivity index (χ1) is 17.3. The summed E-state index contributed by atoms with van der Waals surface area (Å²) in [6.45, 7) is 0.827. The normalized spacial score (nSPS) is 41.4. The van der Waals surface area contributed by atoms with E-state index in [0.29, 0.717) is 5.56 Å². The molecule has 204 valence electrons. The van der Waals surface area contributed by atoms with Crippen LogP contribution >= 0.6 is 0 Å². The molecule has 2 heterocycles. The smallest absolute Gasteiger partial charge is 0.330 e. The van der Waals surface area contributed by atoms with Crippen LogP contribution in [0.3, 0.4) is 0 Å². The van der Waals surface area contributed by atoms with E-state index in [9.17, 15) is 45.6 Å². The van der Waals surface area contributed by atoms with Crippen molar-refractivity contribution in [1.82, 2.24) is 0 Å². The number of phenolic OH excluding ortho intramolecular Hbond substituents is 2. The SMILES string of the molecule is C[C@]1(O)C[C@@H](O)[C@]2(O)C=CO[C@@H](OC3OC(COC(=O)/C=C/c4ccc(O)c(O)c4)C(O)C(O)C3O)[C@@H]21. The fourth-order valence-corrected chi connectivity index (χ4v) is 4.85. The number of carbonyl (C=O) groups excluding carboxylic acids is 1. The van der Waals surface area contributed by atoms with Gasteiger partial charge < -0.3 is 59.8 Å². The van der Waals surface area contributed by atoms with E-state index in [4.69, 9.17) is 18.9 Å². The molecule has 2 aliphatic heterocycles. The van der Waals surface area contributed by atoms with Crippen LogP contribution in [0.15, 0.2) is 36.6 Å². The van der Waals surface area contributed by atoms with Crippen LogP contribution in [-0.2, 0) is 23.7 Å². The summed E-state index contributed by atoms with van der Waals surface area (Å²) in [6, 6.07) is 3.89. The number of rotatable bonds is 6. The summed E-state index contributed by atoms with van der Waals surface area (Å²) in [5, 5.41) is 81.8. The summed E-state index contributed by atoms with van der Waals surface area (Å²) in [6.07, 6.45) is -6.52. The lowest BCUT2D eigenvalue weighted by atomic mass is 9.81. The molecule has 1 saturated heterocycles. The average molecular weight is 526 g/mol. The number of aliphatic hydroxyl groups is 6.